The van der Waals surface area contributed by atoms with Gasteiger partial charge in [-0.1, -0.05) is 6.07 Å². The van der Waals surface area contributed by atoms with Gasteiger partial charge in [-0.2, -0.15) is 0 Å². The summed E-state index contributed by atoms with van der Waals surface area (Å²) in [5.41, 5.74) is 1.11. The van der Waals surface area contributed by atoms with Crippen molar-refractivity contribution in [3.63, 3.8) is 0 Å². The lowest BCUT2D eigenvalue weighted by Gasteiger charge is -2.13. The van der Waals surface area contributed by atoms with Crippen LogP contribution in [0.25, 0.3) is 0 Å². The molecule has 0 saturated heterocycles. The van der Waals surface area contributed by atoms with Crippen molar-refractivity contribution in [1.82, 2.24) is 10.6 Å². The lowest BCUT2D eigenvalue weighted by atomic mass is 10.1. The van der Waals surface area contributed by atoms with Crippen molar-refractivity contribution >= 4 is 5.91 Å². The largest absolute Gasteiger partial charge is 0.490 e. The van der Waals surface area contributed by atoms with Gasteiger partial charge in [0.05, 0.1) is 25.9 Å². The molecule has 148 valence electrons. The highest BCUT2D eigenvalue weighted by Crippen LogP contribution is 2.28. The van der Waals surface area contributed by atoms with Crippen LogP contribution in [0.2, 0.25) is 0 Å². The summed E-state index contributed by atoms with van der Waals surface area (Å²) in [5.74, 6) is 1.52. The minimum absolute atomic E-state index is 0.00532. The lowest BCUT2D eigenvalue weighted by molar-refractivity contribution is -0.120. The van der Waals surface area contributed by atoms with Crippen molar-refractivity contribution < 1.29 is 19.0 Å². The Morgan fingerprint density at radius 3 is 2.50 bits per heavy atom. The van der Waals surface area contributed by atoms with Gasteiger partial charge in [-0.3, -0.25) is 4.79 Å². The van der Waals surface area contributed by atoms with E-state index in [4.69, 9.17) is 14.2 Å². The van der Waals surface area contributed by atoms with Gasteiger partial charge in [0.2, 0.25) is 5.91 Å². The van der Waals surface area contributed by atoms with E-state index in [9.17, 15) is 4.79 Å². The fraction of sp³-hybridized carbons (Fsp3) is 0.650. The average Bonchev–Trinajstić information content (AvgIpc) is 2.60. The average molecular weight is 367 g/mol. The number of carbonyl (C=O) groups is 1. The summed E-state index contributed by atoms with van der Waals surface area (Å²) in [4.78, 5) is 11.8. The molecule has 0 radical (unpaired) electrons. The Labute approximate surface area is 157 Å². The second-order valence-electron chi connectivity index (χ2n) is 6.20. The van der Waals surface area contributed by atoms with E-state index in [1.807, 2.05) is 45.9 Å². The number of nitrogens with one attached hydrogen (secondary N) is 2. The van der Waals surface area contributed by atoms with Crippen molar-refractivity contribution in [3.8, 4) is 11.5 Å². The normalized spacial score (nSPS) is 10.8. The molecule has 2 N–H and O–H groups in total. The third-order valence-electron chi connectivity index (χ3n) is 3.58. The zero-order valence-electron chi connectivity index (χ0n) is 16.6. The van der Waals surface area contributed by atoms with E-state index in [0.717, 1.165) is 36.4 Å². The van der Waals surface area contributed by atoms with E-state index in [1.165, 1.54) is 0 Å². The van der Waals surface area contributed by atoms with Gasteiger partial charge in [0.15, 0.2) is 11.5 Å². The maximum absolute atomic E-state index is 11.8. The molecule has 0 atom stereocenters. The smallest absolute Gasteiger partial charge is 0.233 e. The SMILES string of the molecule is CCOc1ccc(CCNC(=O)CNCCCOC(C)C)cc1OCC. The Balaban J connectivity index is 2.25. The molecule has 6 heteroatoms. The minimum atomic E-state index is 0.00532. The van der Waals surface area contributed by atoms with Crippen molar-refractivity contribution in [2.24, 2.45) is 0 Å². The summed E-state index contributed by atoms with van der Waals surface area (Å²) < 4.78 is 16.6. The predicted octanol–water partition coefficient (Wildman–Crippen LogP) is 2.55. The molecule has 0 aliphatic rings. The lowest BCUT2D eigenvalue weighted by Crippen LogP contribution is -2.35. The third kappa shape index (κ3) is 9.63. The summed E-state index contributed by atoms with van der Waals surface area (Å²) in [6.45, 7) is 11.5. The van der Waals surface area contributed by atoms with Crippen LogP contribution in [0.15, 0.2) is 18.2 Å². The topological polar surface area (TPSA) is 68.8 Å². The number of hydrogen-bond donors (Lipinski definition) is 2. The molecule has 0 fully saturated rings. The quantitative estimate of drug-likeness (QED) is 0.495. The van der Waals surface area contributed by atoms with Crippen molar-refractivity contribution in [2.45, 2.75) is 46.6 Å². The van der Waals surface area contributed by atoms with Crippen LogP contribution in [0.3, 0.4) is 0 Å². The van der Waals surface area contributed by atoms with Gasteiger partial charge in [-0.05, 0) is 64.8 Å². The summed E-state index contributed by atoms with van der Waals surface area (Å²) in [5, 5.41) is 6.05. The van der Waals surface area contributed by atoms with Crippen molar-refractivity contribution in [1.29, 1.82) is 0 Å². The molecule has 0 unspecified atom stereocenters. The number of carbonyl (C=O) groups excluding carboxylic acids is 1. The predicted molar refractivity (Wildman–Crippen MR) is 104 cm³/mol. The monoisotopic (exact) mass is 366 g/mol. The maximum Gasteiger partial charge on any atom is 0.233 e. The molecule has 26 heavy (non-hydrogen) atoms. The van der Waals surface area contributed by atoms with Gasteiger partial charge < -0.3 is 24.8 Å². The molecule has 0 aromatic heterocycles. The van der Waals surface area contributed by atoms with Crippen LogP contribution in [0.5, 0.6) is 11.5 Å². The van der Waals surface area contributed by atoms with E-state index in [1.54, 1.807) is 0 Å². The molecule has 6 nitrogen and oxygen atoms in total. The standard InChI is InChI=1S/C20H34N2O4/c1-5-24-18-9-8-17(14-19(18)25-6-2)10-12-22-20(23)15-21-11-7-13-26-16(3)4/h8-9,14,16,21H,5-7,10-13,15H2,1-4H3,(H,22,23). The fourth-order valence-electron chi connectivity index (χ4n) is 2.38. The van der Waals surface area contributed by atoms with Gasteiger partial charge in [0.1, 0.15) is 0 Å². The number of benzene rings is 1. The Bertz CT molecular complexity index is 521. The van der Waals surface area contributed by atoms with E-state index in [0.29, 0.717) is 32.9 Å². The first-order chi connectivity index (χ1) is 12.6. The van der Waals surface area contributed by atoms with Crippen molar-refractivity contribution in [3.05, 3.63) is 23.8 Å². The summed E-state index contributed by atoms with van der Waals surface area (Å²) in [7, 11) is 0. The Morgan fingerprint density at radius 2 is 1.81 bits per heavy atom. The zero-order chi connectivity index (χ0) is 19.2. The van der Waals surface area contributed by atoms with Crippen LogP contribution in [-0.4, -0.2) is 51.5 Å². The van der Waals surface area contributed by atoms with E-state index >= 15 is 0 Å². The van der Waals surface area contributed by atoms with Crippen molar-refractivity contribution in [2.75, 3.05) is 39.5 Å². The molecular formula is C20H34N2O4. The Kier molecular flexibility index (Phi) is 11.5. The van der Waals surface area contributed by atoms with Crippen LogP contribution in [-0.2, 0) is 16.0 Å². The highest BCUT2D eigenvalue weighted by atomic mass is 16.5. The minimum Gasteiger partial charge on any atom is -0.490 e. The Morgan fingerprint density at radius 1 is 1.08 bits per heavy atom. The van der Waals surface area contributed by atoms with E-state index in [2.05, 4.69) is 10.6 Å². The molecule has 0 heterocycles. The molecule has 0 spiro atoms. The number of amides is 1. The molecular weight excluding hydrogens is 332 g/mol. The molecule has 0 saturated carbocycles. The number of ether oxygens (including phenoxy) is 3. The number of hydrogen-bond acceptors (Lipinski definition) is 5. The molecule has 1 aromatic carbocycles. The van der Waals surface area contributed by atoms with Gasteiger partial charge in [0.25, 0.3) is 0 Å². The van der Waals surface area contributed by atoms with Crippen LogP contribution >= 0.6 is 0 Å². The molecule has 0 aliphatic heterocycles. The second kappa shape index (κ2) is 13.4. The van der Waals surface area contributed by atoms with Crippen LogP contribution < -0.4 is 20.1 Å². The molecule has 1 amide bonds. The van der Waals surface area contributed by atoms with Crippen LogP contribution in [0.1, 0.15) is 39.7 Å². The fourth-order valence-corrected chi connectivity index (χ4v) is 2.38. The molecule has 0 aliphatic carbocycles. The van der Waals surface area contributed by atoms with E-state index in [-0.39, 0.29) is 12.0 Å². The van der Waals surface area contributed by atoms with Gasteiger partial charge in [-0.25, -0.2) is 0 Å². The summed E-state index contributed by atoms with van der Waals surface area (Å²) >= 11 is 0. The Hall–Kier alpha value is -1.79. The summed E-state index contributed by atoms with van der Waals surface area (Å²) in [6, 6.07) is 5.91. The number of rotatable bonds is 14. The second-order valence-corrected chi connectivity index (χ2v) is 6.20. The third-order valence-corrected chi connectivity index (χ3v) is 3.58. The van der Waals surface area contributed by atoms with E-state index < -0.39 is 0 Å². The first-order valence-corrected chi connectivity index (χ1v) is 9.54. The molecule has 1 aromatic rings. The van der Waals surface area contributed by atoms with Crippen LogP contribution in [0, 0.1) is 0 Å². The first-order valence-electron chi connectivity index (χ1n) is 9.54. The molecule has 1 rings (SSSR count). The van der Waals surface area contributed by atoms with Crippen LogP contribution in [0.4, 0.5) is 0 Å². The summed E-state index contributed by atoms with van der Waals surface area (Å²) in [6.07, 6.45) is 1.90. The maximum atomic E-state index is 11.8. The highest BCUT2D eigenvalue weighted by Gasteiger charge is 2.07. The zero-order valence-corrected chi connectivity index (χ0v) is 16.6. The molecule has 0 bridgehead atoms. The van der Waals surface area contributed by atoms with Gasteiger partial charge >= 0.3 is 0 Å². The van der Waals surface area contributed by atoms with Gasteiger partial charge in [0, 0.05) is 13.2 Å². The highest BCUT2D eigenvalue weighted by molar-refractivity contribution is 5.77. The van der Waals surface area contributed by atoms with Gasteiger partial charge in [-0.15, -0.1) is 0 Å². The first kappa shape index (κ1) is 22.3.